The number of benzene rings is 5. The molecule has 5 aromatic carbocycles. The number of nitrogens with zero attached hydrogens (tertiary/aromatic N) is 2. The first-order valence-electron chi connectivity index (χ1n) is 15.2. The molecule has 45 heavy (non-hydrogen) atoms. The summed E-state index contributed by atoms with van der Waals surface area (Å²) < 4.78 is 0. The smallest absolute Gasteiger partial charge is 0.319 e. The summed E-state index contributed by atoms with van der Waals surface area (Å²) in [6.45, 7) is 2.73. The fourth-order valence-electron chi connectivity index (χ4n) is 5.58. The van der Waals surface area contributed by atoms with Crippen molar-refractivity contribution in [2.75, 3.05) is 5.32 Å². The molecule has 2 N–H and O–H groups in total. The second-order valence-corrected chi connectivity index (χ2v) is 11.1. The molecule has 0 radical (unpaired) electrons. The Morgan fingerprint density at radius 3 is 1.67 bits per heavy atom. The SMILES string of the molecule is O=C(NCc1cccnc1)Nc1ccc(CN(Cc2ccccc2-c2ccccc2)Cc2ccccc2-c2ccccc2)cc1. The van der Waals surface area contributed by atoms with Gasteiger partial charge < -0.3 is 10.6 Å². The summed E-state index contributed by atoms with van der Waals surface area (Å²) >= 11 is 0. The number of hydrogen-bond donors (Lipinski definition) is 2. The first-order valence-corrected chi connectivity index (χ1v) is 15.2. The molecule has 0 saturated heterocycles. The number of urea groups is 1. The summed E-state index contributed by atoms with van der Waals surface area (Å²) in [5.74, 6) is 0. The van der Waals surface area contributed by atoms with Gasteiger partial charge in [-0.25, -0.2) is 4.79 Å². The topological polar surface area (TPSA) is 57.3 Å². The lowest BCUT2D eigenvalue weighted by Crippen LogP contribution is -2.28. The molecule has 0 spiro atoms. The third kappa shape index (κ3) is 8.11. The molecule has 0 unspecified atom stereocenters. The molecule has 0 saturated carbocycles. The zero-order valence-electron chi connectivity index (χ0n) is 25.1. The predicted octanol–water partition coefficient (Wildman–Crippen LogP) is 8.94. The molecule has 0 aliphatic heterocycles. The monoisotopic (exact) mass is 588 g/mol. The number of nitrogens with one attached hydrogen (secondary N) is 2. The van der Waals surface area contributed by atoms with Crippen LogP contribution in [-0.2, 0) is 26.2 Å². The minimum Gasteiger partial charge on any atom is -0.334 e. The Hall–Kier alpha value is -5.52. The van der Waals surface area contributed by atoms with Gasteiger partial charge in [0.1, 0.15) is 0 Å². The first-order chi connectivity index (χ1) is 22.2. The van der Waals surface area contributed by atoms with Crippen LogP contribution in [0.3, 0.4) is 0 Å². The van der Waals surface area contributed by atoms with Gasteiger partial charge in [-0.1, -0.05) is 127 Å². The van der Waals surface area contributed by atoms with E-state index in [9.17, 15) is 4.79 Å². The number of pyridine rings is 1. The van der Waals surface area contributed by atoms with E-state index in [-0.39, 0.29) is 6.03 Å². The highest BCUT2D eigenvalue weighted by Gasteiger charge is 2.15. The predicted molar refractivity (Wildman–Crippen MR) is 183 cm³/mol. The van der Waals surface area contributed by atoms with Gasteiger partial charge in [0.2, 0.25) is 0 Å². The fraction of sp³-hybridized carbons (Fsp3) is 0.100. The van der Waals surface area contributed by atoms with E-state index in [2.05, 4.69) is 142 Å². The van der Waals surface area contributed by atoms with Crippen molar-refractivity contribution < 1.29 is 4.79 Å². The molecule has 0 aliphatic carbocycles. The van der Waals surface area contributed by atoms with Gasteiger partial charge in [0, 0.05) is 44.3 Å². The van der Waals surface area contributed by atoms with Gasteiger partial charge in [-0.3, -0.25) is 9.88 Å². The first kappa shape index (κ1) is 29.5. The molecule has 222 valence electrons. The number of anilines is 1. The van der Waals surface area contributed by atoms with Crippen LogP contribution >= 0.6 is 0 Å². The molecule has 0 bridgehead atoms. The van der Waals surface area contributed by atoms with E-state index in [1.54, 1.807) is 12.4 Å². The summed E-state index contributed by atoms with van der Waals surface area (Å²) in [7, 11) is 0. The molecule has 1 aromatic heterocycles. The highest BCUT2D eigenvalue weighted by Crippen LogP contribution is 2.29. The van der Waals surface area contributed by atoms with Gasteiger partial charge in [0.25, 0.3) is 0 Å². The number of carbonyl (C=O) groups excluding carboxylic acids is 1. The average Bonchev–Trinajstić information content (AvgIpc) is 3.10. The highest BCUT2D eigenvalue weighted by molar-refractivity contribution is 5.89. The van der Waals surface area contributed by atoms with Crippen LogP contribution in [-0.4, -0.2) is 15.9 Å². The molecule has 0 aliphatic rings. The van der Waals surface area contributed by atoms with E-state index in [0.29, 0.717) is 6.54 Å². The maximum atomic E-state index is 12.5. The van der Waals surface area contributed by atoms with Gasteiger partial charge in [-0.2, -0.15) is 0 Å². The summed E-state index contributed by atoms with van der Waals surface area (Å²) in [6, 6.07) is 50.2. The largest absolute Gasteiger partial charge is 0.334 e. The number of hydrogen-bond acceptors (Lipinski definition) is 3. The summed E-state index contributed by atoms with van der Waals surface area (Å²) in [5.41, 5.74) is 10.4. The van der Waals surface area contributed by atoms with E-state index in [0.717, 1.165) is 30.9 Å². The van der Waals surface area contributed by atoms with Crippen LogP contribution in [0.4, 0.5) is 10.5 Å². The molecule has 0 fully saturated rings. The highest BCUT2D eigenvalue weighted by atomic mass is 16.2. The summed E-state index contributed by atoms with van der Waals surface area (Å²) in [4.78, 5) is 19.1. The molecule has 2 amide bonds. The van der Waals surface area contributed by atoms with Crippen molar-refractivity contribution >= 4 is 11.7 Å². The zero-order valence-corrected chi connectivity index (χ0v) is 25.1. The number of rotatable bonds is 11. The summed E-state index contributed by atoms with van der Waals surface area (Å²) in [5, 5.41) is 5.83. The number of carbonyl (C=O) groups is 1. The van der Waals surface area contributed by atoms with E-state index < -0.39 is 0 Å². The van der Waals surface area contributed by atoms with E-state index in [1.807, 2.05) is 24.3 Å². The van der Waals surface area contributed by atoms with Gasteiger partial charge in [0.15, 0.2) is 0 Å². The standard InChI is InChI=1S/C40H36N4O/c45-40(42-27-32-12-11-25-41-26-32)43-37-23-21-31(22-24-37)28-44(29-35-17-7-9-19-38(35)33-13-3-1-4-14-33)30-36-18-8-10-20-39(36)34-15-5-2-6-16-34/h1-26H,27-30H2,(H2,42,43,45). The second kappa shape index (κ2) is 14.8. The van der Waals surface area contributed by atoms with Crippen molar-refractivity contribution in [3.8, 4) is 22.3 Å². The Morgan fingerprint density at radius 1 is 0.556 bits per heavy atom. The Morgan fingerprint density at radius 2 is 1.11 bits per heavy atom. The molecule has 6 aromatic rings. The Bertz CT molecular complexity index is 1720. The van der Waals surface area contributed by atoms with Crippen molar-refractivity contribution in [3.63, 3.8) is 0 Å². The third-order valence-electron chi connectivity index (χ3n) is 7.79. The quantitative estimate of drug-likeness (QED) is 0.159. The zero-order chi connectivity index (χ0) is 30.7. The fourth-order valence-corrected chi connectivity index (χ4v) is 5.58. The molecule has 1 heterocycles. The molecular formula is C40H36N4O. The van der Waals surface area contributed by atoms with Crippen LogP contribution < -0.4 is 10.6 Å². The Balaban J connectivity index is 1.22. The lowest BCUT2D eigenvalue weighted by molar-refractivity contribution is 0.248. The van der Waals surface area contributed by atoms with Crippen LogP contribution in [0.5, 0.6) is 0 Å². The van der Waals surface area contributed by atoms with Crippen LogP contribution in [0.15, 0.2) is 158 Å². The number of amides is 2. The van der Waals surface area contributed by atoms with E-state index in [1.165, 1.54) is 38.9 Å². The van der Waals surface area contributed by atoms with Gasteiger partial charge in [-0.05, 0) is 62.7 Å². The molecule has 5 nitrogen and oxygen atoms in total. The second-order valence-electron chi connectivity index (χ2n) is 11.1. The number of aromatic nitrogens is 1. The minimum absolute atomic E-state index is 0.247. The van der Waals surface area contributed by atoms with Crippen molar-refractivity contribution in [2.24, 2.45) is 0 Å². The maximum Gasteiger partial charge on any atom is 0.319 e. The molecule has 6 rings (SSSR count). The van der Waals surface area contributed by atoms with Crippen LogP contribution in [0.25, 0.3) is 22.3 Å². The van der Waals surface area contributed by atoms with Crippen molar-refractivity contribution in [2.45, 2.75) is 26.2 Å². The van der Waals surface area contributed by atoms with Gasteiger partial charge >= 0.3 is 6.03 Å². The molecule has 0 atom stereocenters. The van der Waals surface area contributed by atoms with Crippen LogP contribution in [0.1, 0.15) is 22.3 Å². The van der Waals surface area contributed by atoms with E-state index >= 15 is 0 Å². The molecule has 5 heteroatoms. The van der Waals surface area contributed by atoms with Crippen LogP contribution in [0, 0.1) is 0 Å². The third-order valence-corrected chi connectivity index (χ3v) is 7.79. The van der Waals surface area contributed by atoms with Crippen molar-refractivity contribution in [1.29, 1.82) is 0 Å². The van der Waals surface area contributed by atoms with Crippen molar-refractivity contribution in [1.82, 2.24) is 15.2 Å². The summed E-state index contributed by atoms with van der Waals surface area (Å²) in [6.07, 6.45) is 3.47. The van der Waals surface area contributed by atoms with Gasteiger partial charge in [0.05, 0.1) is 0 Å². The lowest BCUT2D eigenvalue weighted by Gasteiger charge is -2.25. The van der Waals surface area contributed by atoms with Crippen molar-refractivity contribution in [3.05, 3.63) is 180 Å². The average molecular weight is 589 g/mol. The van der Waals surface area contributed by atoms with Crippen LogP contribution in [0.2, 0.25) is 0 Å². The minimum atomic E-state index is -0.247. The lowest BCUT2D eigenvalue weighted by atomic mass is 9.97. The molecular weight excluding hydrogens is 552 g/mol. The van der Waals surface area contributed by atoms with Gasteiger partial charge in [-0.15, -0.1) is 0 Å². The maximum absolute atomic E-state index is 12.5. The normalized spacial score (nSPS) is 10.9. The Kier molecular flexibility index (Phi) is 9.70. The Labute approximate surface area is 265 Å². The van der Waals surface area contributed by atoms with E-state index in [4.69, 9.17) is 0 Å².